The molecule has 0 bridgehead atoms. The number of urea groups is 1. The molecule has 2 N–H and O–H groups in total. The molecule has 0 aliphatic heterocycles. The second-order valence-corrected chi connectivity index (χ2v) is 5.49. The average Bonchev–Trinajstić information content (AvgIpc) is 2.44. The molecule has 0 aromatic heterocycles. The minimum Gasteiger partial charge on any atom is -0.338 e. The number of carbonyl (C=O) groups excluding carboxylic acids is 1. The van der Waals surface area contributed by atoms with Crippen LogP contribution in [-0.4, -0.2) is 12.6 Å². The highest BCUT2D eigenvalue weighted by molar-refractivity contribution is 9.10. The van der Waals surface area contributed by atoms with E-state index in [1.165, 1.54) is 5.56 Å². The molecule has 2 amide bonds. The van der Waals surface area contributed by atoms with Gasteiger partial charge in [-0.2, -0.15) is 0 Å². The van der Waals surface area contributed by atoms with Gasteiger partial charge in [0.15, 0.2) is 0 Å². The Bertz CT molecular complexity index is 581. The summed E-state index contributed by atoms with van der Waals surface area (Å²) >= 11 is 3.40. The van der Waals surface area contributed by atoms with Crippen LogP contribution in [0.5, 0.6) is 0 Å². The van der Waals surface area contributed by atoms with Gasteiger partial charge < -0.3 is 10.6 Å². The van der Waals surface area contributed by atoms with Crippen molar-refractivity contribution in [3.63, 3.8) is 0 Å². The molecule has 4 heteroatoms. The summed E-state index contributed by atoms with van der Waals surface area (Å²) in [4.78, 5) is 11.8. The topological polar surface area (TPSA) is 41.1 Å². The van der Waals surface area contributed by atoms with Crippen LogP contribution in [-0.2, 0) is 6.42 Å². The third-order valence-corrected chi connectivity index (χ3v) is 3.53. The molecule has 104 valence electrons. The Kier molecular flexibility index (Phi) is 5.18. The molecule has 0 radical (unpaired) electrons. The molecule has 20 heavy (non-hydrogen) atoms. The lowest BCUT2D eigenvalue weighted by molar-refractivity contribution is 0.252. The van der Waals surface area contributed by atoms with Gasteiger partial charge in [-0.3, -0.25) is 0 Å². The van der Waals surface area contributed by atoms with E-state index < -0.39 is 0 Å². The summed E-state index contributed by atoms with van der Waals surface area (Å²) in [7, 11) is 0. The number of benzene rings is 2. The van der Waals surface area contributed by atoms with Crippen molar-refractivity contribution in [3.05, 3.63) is 64.1 Å². The number of amides is 2. The van der Waals surface area contributed by atoms with Crippen LogP contribution in [0.2, 0.25) is 0 Å². The van der Waals surface area contributed by atoms with Crippen molar-refractivity contribution in [1.82, 2.24) is 5.32 Å². The molecule has 0 saturated heterocycles. The second kappa shape index (κ2) is 7.10. The SMILES string of the molecule is Cc1ccccc1NC(=O)NCCc1ccc(Br)cc1. The Morgan fingerprint density at radius 3 is 2.50 bits per heavy atom. The largest absolute Gasteiger partial charge is 0.338 e. The standard InChI is InChI=1S/C16H17BrN2O/c1-12-4-2-3-5-15(12)19-16(20)18-11-10-13-6-8-14(17)9-7-13/h2-9H,10-11H2,1H3,(H2,18,19,20). The Balaban J connectivity index is 1.78. The van der Waals surface area contributed by atoms with Crippen LogP contribution in [0.25, 0.3) is 0 Å². The molecule has 0 heterocycles. The molecule has 0 spiro atoms. The van der Waals surface area contributed by atoms with E-state index in [0.717, 1.165) is 22.1 Å². The van der Waals surface area contributed by atoms with Crippen molar-refractivity contribution in [2.75, 3.05) is 11.9 Å². The zero-order chi connectivity index (χ0) is 14.4. The lowest BCUT2D eigenvalue weighted by Crippen LogP contribution is -2.30. The Morgan fingerprint density at radius 1 is 1.10 bits per heavy atom. The monoisotopic (exact) mass is 332 g/mol. The highest BCUT2D eigenvalue weighted by atomic mass is 79.9. The second-order valence-electron chi connectivity index (χ2n) is 4.57. The molecule has 0 aliphatic carbocycles. The molecule has 0 saturated carbocycles. The zero-order valence-corrected chi connectivity index (χ0v) is 12.9. The molecule has 0 atom stereocenters. The molecule has 2 aromatic rings. The maximum atomic E-state index is 11.8. The third-order valence-electron chi connectivity index (χ3n) is 3.01. The molecule has 2 rings (SSSR count). The molecule has 0 aliphatic rings. The van der Waals surface area contributed by atoms with E-state index in [9.17, 15) is 4.79 Å². The van der Waals surface area contributed by atoms with Crippen LogP contribution in [0, 0.1) is 6.92 Å². The van der Waals surface area contributed by atoms with Gasteiger partial charge in [0.2, 0.25) is 0 Å². The van der Waals surface area contributed by atoms with Gasteiger partial charge in [0.05, 0.1) is 0 Å². The average molecular weight is 333 g/mol. The van der Waals surface area contributed by atoms with Gasteiger partial charge in [0, 0.05) is 16.7 Å². The first-order chi connectivity index (χ1) is 9.65. The van der Waals surface area contributed by atoms with Gasteiger partial charge >= 0.3 is 6.03 Å². The summed E-state index contributed by atoms with van der Waals surface area (Å²) < 4.78 is 1.06. The number of rotatable bonds is 4. The summed E-state index contributed by atoms with van der Waals surface area (Å²) in [6, 6.07) is 15.6. The van der Waals surface area contributed by atoms with Gasteiger partial charge in [-0.05, 0) is 42.7 Å². The minimum absolute atomic E-state index is 0.170. The van der Waals surface area contributed by atoms with Gasteiger partial charge in [-0.15, -0.1) is 0 Å². The lowest BCUT2D eigenvalue weighted by Gasteiger charge is -2.09. The Hall–Kier alpha value is -1.81. The first-order valence-electron chi connectivity index (χ1n) is 6.50. The third kappa shape index (κ3) is 4.38. The molecular weight excluding hydrogens is 316 g/mol. The van der Waals surface area contributed by atoms with Gasteiger partial charge in [-0.25, -0.2) is 4.79 Å². The summed E-state index contributed by atoms with van der Waals surface area (Å²) in [5.74, 6) is 0. The van der Waals surface area contributed by atoms with E-state index in [0.29, 0.717) is 6.54 Å². The van der Waals surface area contributed by atoms with Crippen LogP contribution < -0.4 is 10.6 Å². The van der Waals surface area contributed by atoms with Crippen molar-refractivity contribution in [1.29, 1.82) is 0 Å². The van der Waals surface area contributed by atoms with Crippen molar-refractivity contribution < 1.29 is 4.79 Å². The van der Waals surface area contributed by atoms with E-state index in [1.54, 1.807) is 0 Å². The van der Waals surface area contributed by atoms with E-state index in [4.69, 9.17) is 0 Å². The molecule has 0 unspecified atom stereocenters. The van der Waals surface area contributed by atoms with E-state index in [2.05, 4.69) is 26.6 Å². The molecule has 0 fully saturated rings. The van der Waals surface area contributed by atoms with Gasteiger partial charge in [0.25, 0.3) is 0 Å². The maximum absolute atomic E-state index is 11.8. The first kappa shape index (κ1) is 14.6. The number of para-hydroxylation sites is 1. The van der Waals surface area contributed by atoms with E-state index in [1.807, 2.05) is 55.5 Å². The number of halogens is 1. The van der Waals surface area contributed by atoms with Crippen LogP contribution in [0.4, 0.5) is 10.5 Å². The fraction of sp³-hybridized carbons (Fsp3) is 0.188. The molecular formula is C16H17BrN2O. The number of nitrogens with one attached hydrogen (secondary N) is 2. The van der Waals surface area contributed by atoms with Gasteiger partial charge in [-0.1, -0.05) is 46.3 Å². The van der Waals surface area contributed by atoms with Gasteiger partial charge in [0.1, 0.15) is 0 Å². The van der Waals surface area contributed by atoms with E-state index >= 15 is 0 Å². The normalized spacial score (nSPS) is 10.1. The fourth-order valence-electron chi connectivity index (χ4n) is 1.85. The van der Waals surface area contributed by atoms with Crippen molar-refractivity contribution >= 4 is 27.6 Å². The summed E-state index contributed by atoms with van der Waals surface area (Å²) in [5, 5.41) is 5.71. The number of aryl methyl sites for hydroxylation is 1. The number of hydrogen-bond acceptors (Lipinski definition) is 1. The van der Waals surface area contributed by atoms with Crippen LogP contribution in [0.1, 0.15) is 11.1 Å². The summed E-state index contributed by atoms with van der Waals surface area (Å²) in [5.41, 5.74) is 3.09. The Labute approximate surface area is 127 Å². The van der Waals surface area contributed by atoms with Crippen LogP contribution in [0.15, 0.2) is 53.0 Å². The number of hydrogen-bond donors (Lipinski definition) is 2. The predicted molar refractivity (Wildman–Crippen MR) is 86.0 cm³/mol. The van der Waals surface area contributed by atoms with Crippen molar-refractivity contribution in [2.24, 2.45) is 0 Å². The lowest BCUT2D eigenvalue weighted by atomic mass is 10.1. The fourth-order valence-corrected chi connectivity index (χ4v) is 2.12. The predicted octanol–water partition coefficient (Wildman–Crippen LogP) is 4.12. The van der Waals surface area contributed by atoms with Crippen molar-refractivity contribution in [2.45, 2.75) is 13.3 Å². The van der Waals surface area contributed by atoms with Crippen LogP contribution >= 0.6 is 15.9 Å². The Morgan fingerprint density at radius 2 is 1.80 bits per heavy atom. The zero-order valence-electron chi connectivity index (χ0n) is 11.3. The minimum atomic E-state index is -0.170. The van der Waals surface area contributed by atoms with Crippen molar-refractivity contribution in [3.8, 4) is 0 Å². The first-order valence-corrected chi connectivity index (χ1v) is 7.29. The maximum Gasteiger partial charge on any atom is 0.319 e. The summed E-state index contributed by atoms with van der Waals surface area (Å²) in [6.45, 7) is 2.58. The highest BCUT2D eigenvalue weighted by Gasteiger charge is 2.03. The summed E-state index contributed by atoms with van der Waals surface area (Å²) in [6.07, 6.45) is 0.814. The number of anilines is 1. The van der Waals surface area contributed by atoms with E-state index in [-0.39, 0.29) is 6.03 Å². The smallest absolute Gasteiger partial charge is 0.319 e. The quantitative estimate of drug-likeness (QED) is 0.868. The molecule has 3 nitrogen and oxygen atoms in total. The van der Waals surface area contributed by atoms with Crippen LogP contribution in [0.3, 0.4) is 0 Å². The highest BCUT2D eigenvalue weighted by Crippen LogP contribution is 2.13. The number of carbonyl (C=O) groups is 1. The molecule has 2 aromatic carbocycles.